The standard InChI is InChI=1S/C9H8O4.C7H4N2O6/c1-6(10)13-8-5-3-2-4-7(8)9(11)12;10-7(11)4-2-1-3-5(8(12)13)6(4)9(14)15/h2-5H,1H3,(H,11,12);1-3H,(H,10,11). The monoisotopic (exact) mass is 392 g/mol. The number of esters is 1. The molecule has 12 nitrogen and oxygen atoms in total. The minimum atomic E-state index is -1.58. The van der Waals surface area contributed by atoms with Gasteiger partial charge in [-0.05, 0) is 18.2 Å². The molecule has 0 fully saturated rings. The molecule has 0 spiro atoms. The number of aromatic carboxylic acids is 2. The molecule has 0 saturated carbocycles. The number of hydrogen-bond donors (Lipinski definition) is 2. The van der Waals surface area contributed by atoms with Gasteiger partial charge in [-0.25, -0.2) is 9.59 Å². The molecule has 0 aromatic heterocycles. The van der Waals surface area contributed by atoms with Gasteiger partial charge in [-0.3, -0.25) is 25.0 Å². The highest BCUT2D eigenvalue weighted by Crippen LogP contribution is 2.30. The number of carboxylic acids is 2. The van der Waals surface area contributed by atoms with Gasteiger partial charge >= 0.3 is 29.3 Å². The Kier molecular flexibility index (Phi) is 7.26. The largest absolute Gasteiger partial charge is 0.478 e. The van der Waals surface area contributed by atoms with Crippen molar-refractivity contribution in [3.63, 3.8) is 0 Å². The molecule has 0 aliphatic carbocycles. The maximum Gasteiger partial charge on any atom is 0.360 e. The first-order valence-corrected chi connectivity index (χ1v) is 7.22. The van der Waals surface area contributed by atoms with Gasteiger partial charge in [0, 0.05) is 13.0 Å². The van der Waals surface area contributed by atoms with Crippen LogP contribution in [0.25, 0.3) is 0 Å². The van der Waals surface area contributed by atoms with Gasteiger partial charge in [-0.1, -0.05) is 18.2 Å². The lowest BCUT2D eigenvalue weighted by molar-refractivity contribution is -0.422. The number of ether oxygens (including phenoxy) is 1. The quantitative estimate of drug-likeness (QED) is 0.331. The Morgan fingerprint density at radius 3 is 1.86 bits per heavy atom. The molecule has 2 aromatic carbocycles. The van der Waals surface area contributed by atoms with E-state index in [0.717, 1.165) is 18.2 Å². The van der Waals surface area contributed by atoms with Crippen LogP contribution in [0.1, 0.15) is 27.6 Å². The molecule has 0 radical (unpaired) electrons. The molecule has 0 amide bonds. The first kappa shape index (κ1) is 21.7. The second kappa shape index (κ2) is 9.38. The average Bonchev–Trinajstić information content (AvgIpc) is 2.61. The summed E-state index contributed by atoms with van der Waals surface area (Å²) < 4.78 is 4.69. The van der Waals surface area contributed by atoms with Crippen molar-refractivity contribution in [2.24, 2.45) is 0 Å². The average molecular weight is 392 g/mol. The Morgan fingerprint density at radius 2 is 1.39 bits per heavy atom. The molecule has 28 heavy (non-hydrogen) atoms. The van der Waals surface area contributed by atoms with Crippen molar-refractivity contribution >= 4 is 29.3 Å². The Morgan fingerprint density at radius 1 is 0.857 bits per heavy atom. The minimum absolute atomic E-state index is 0.0160. The Bertz CT molecular complexity index is 922. The summed E-state index contributed by atoms with van der Waals surface area (Å²) in [4.78, 5) is 50.6. The van der Waals surface area contributed by atoms with Crippen molar-refractivity contribution in [2.45, 2.75) is 6.92 Å². The molecule has 0 saturated heterocycles. The van der Waals surface area contributed by atoms with Gasteiger partial charge in [0.05, 0.1) is 9.85 Å². The molecule has 2 aromatic rings. The van der Waals surface area contributed by atoms with E-state index < -0.39 is 44.7 Å². The lowest BCUT2D eigenvalue weighted by atomic mass is 10.1. The second-order valence-electron chi connectivity index (χ2n) is 4.89. The van der Waals surface area contributed by atoms with Crippen LogP contribution in [0.4, 0.5) is 11.4 Å². The number of nitro groups is 2. The zero-order chi connectivity index (χ0) is 21.4. The van der Waals surface area contributed by atoms with Crippen LogP contribution in [0.3, 0.4) is 0 Å². The summed E-state index contributed by atoms with van der Waals surface area (Å²) in [5.41, 5.74) is -2.55. The van der Waals surface area contributed by atoms with Gasteiger partial charge in [-0.2, -0.15) is 0 Å². The summed E-state index contributed by atoms with van der Waals surface area (Å²) in [6.07, 6.45) is 0. The third-order valence-corrected chi connectivity index (χ3v) is 3.00. The van der Waals surface area contributed by atoms with Crippen LogP contribution in [0.15, 0.2) is 42.5 Å². The third kappa shape index (κ3) is 5.59. The van der Waals surface area contributed by atoms with Gasteiger partial charge in [-0.15, -0.1) is 0 Å². The Labute approximate surface area is 155 Å². The molecular formula is C16H12N2O10. The van der Waals surface area contributed by atoms with Crippen LogP contribution < -0.4 is 4.74 Å². The van der Waals surface area contributed by atoms with E-state index in [-0.39, 0.29) is 11.3 Å². The van der Waals surface area contributed by atoms with Crippen LogP contribution in [-0.4, -0.2) is 38.0 Å². The van der Waals surface area contributed by atoms with Crippen molar-refractivity contribution in [2.75, 3.05) is 0 Å². The van der Waals surface area contributed by atoms with Gasteiger partial charge in [0.15, 0.2) is 0 Å². The molecular weight excluding hydrogens is 380 g/mol. The number of hydrogen-bond acceptors (Lipinski definition) is 8. The number of carbonyl (C=O) groups excluding carboxylic acids is 1. The van der Waals surface area contributed by atoms with Gasteiger partial charge < -0.3 is 14.9 Å². The van der Waals surface area contributed by atoms with E-state index in [1.165, 1.54) is 19.1 Å². The summed E-state index contributed by atoms with van der Waals surface area (Å²) in [6.45, 7) is 1.22. The predicted molar refractivity (Wildman–Crippen MR) is 91.4 cm³/mol. The summed E-state index contributed by atoms with van der Waals surface area (Å²) in [7, 11) is 0. The maximum atomic E-state index is 10.6. The van der Waals surface area contributed by atoms with E-state index in [1.807, 2.05) is 0 Å². The summed E-state index contributed by atoms with van der Waals surface area (Å²) >= 11 is 0. The molecule has 2 N–H and O–H groups in total. The van der Waals surface area contributed by atoms with Crippen LogP contribution in [0, 0.1) is 20.2 Å². The topological polar surface area (TPSA) is 187 Å². The number of carboxylic acid groups (broad SMARTS) is 2. The van der Waals surface area contributed by atoms with Crippen LogP contribution in [-0.2, 0) is 4.79 Å². The number of benzene rings is 2. The zero-order valence-electron chi connectivity index (χ0n) is 14.1. The van der Waals surface area contributed by atoms with Gasteiger partial charge in [0.1, 0.15) is 16.9 Å². The number of nitrogens with zero attached hydrogens (tertiary/aromatic N) is 2. The van der Waals surface area contributed by atoms with Gasteiger partial charge in [0.25, 0.3) is 0 Å². The molecule has 146 valence electrons. The lowest BCUT2D eigenvalue weighted by Crippen LogP contribution is -2.06. The van der Waals surface area contributed by atoms with Gasteiger partial charge in [0.2, 0.25) is 0 Å². The SMILES string of the molecule is CC(=O)Oc1ccccc1C(=O)O.O=C(O)c1cccc([N+](=O)[O-])c1[N+](=O)[O-]. The number of nitro benzene ring substituents is 2. The molecule has 0 unspecified atom stereocenters. The lowest BCUT2D eigenvalue weighted by Gasteiger charge is -2.03. The van der Waals surface area contributed by atoms with E-state index in [2.05, 4.69) is 4.74 Å². The molecule has 0 atom stereocenters. The fourth-order valence-corrected chi connectivity index (χ4v) is 1.93. The molecule has 0 aliphatic heterocycles. The van der Waals surface area contributed by atoms with E-state index >= 15 is 0 Å². The van der Waals surface area contributed by atoms with Crippen molar-refractivity contribution < 1.29 is 39.2 Å². The van der Waals surface area contributed by atoms with Crippen molar-refractivity contribution in [1.29, 1.82) is 0 Å². The smallest absolute Gasteiger partial charge is 0.360 e. The minimum Gasteiger partial charge on any atom is -0.478 e. The van der Waals surface area contributed by atoms with Crippen molar-refractivity contribution in [3.05, 3.63) is 73.8 Å². The highest BCUT2D eigenvalue weighted by atomic mass is 16.6. The second-order valence-corrected chi connectivity index (χ2v) is 4.89. The van der Waals surface area contributed by atoms with E-state index in [1.54, 1.807) is 12.1 Å². The van der Waals surface area contributed by atoms with Crippen LogP contribution in [0.2, 0.25) is 0 Å². The zero-order valence-corrected chi connectivity index (χ0v) is 14.1. The fourth-order valence-electron chi connectivity index (χ4n) is 1.93. The molecule has 0 aliphatic rings. The van der Waals surface area contributed by atoms with Crippen LogP contribution in [0.5, 0.6) is 5.75 Å². The van der Waals surface area contributed by atoms with E-state index in [0.29, 0.717) is 0 Å². The molecule has 0 heterocycles. The third-order valence-electron chi connectivity index (χ3n) is 3.00. The first-order chi connectivity index (χ1) is 13.1. The Hall–Kier alpha value is -4.35. The molecule has 12 heteroatoms. The molecule has 0 bridgehead atoms. The fraction of sp³-hybridized carbons (Fsp3) is 0.0625. The first-order valence-electron chi connectivity index (χ1n) is 7.22. The number of rotatable bonds is 5. The predicted octanol–water partition coefficient (Wildman–Crippen LogP) is 2.51. The summed E-state index contributed by atoms with van der Waals surface area (Å²) in [6, 6.07) is 8.87. The normalized spacial score (nSPS) is 9.46. The maximum absolute atomic E-state index is 10.6. The highest BCUT2D eigenvalue weighted by Gasteiger charge is 2.31. The summed E-state index contributed by atoms with van der Waals surface area (Å²) in [5, 5.41) is 38.2. The Balaban J connectivity index is 0.000000283. The van der Waals surface area contributed by atoms with E-state index in [9.17, 15) is 34.6 Å². The van der Waals surface area contributed by atoms with E-state index in [4.69, 9.17) is 10.2 Å². The number of carbonyl (C=O) groups is 3. The molecule has 2 rings (SSSR count). The van der Waals surface area contributed by atoms with Crippen molar-refractivity contribution in [1.82, 2.24) is 0 Å². The highest BCUT2D eigenvalue weighted by molar-refractivity contribution is 5.94. The number of para-hydroxylation sites is 2. The van der Waals surface area contributed by atoms with Crippen LogP contribution >= 0.6 is 0 Å². The summed E-state index contributed by atoms with van der Waals surface area (Å²) in [5.74, 6) is -3.15. The van der Waals surface area contributed by atoms with Crippen molar-refractivity contribution in [3.8, 4) is 5.75 Å².